The minimum Gasteiger partial charge on any atom is -0.305 e. The van der Waals surface area contributed by atoms with Crippen LogP contribution in [0, 0.1) is 0 Å². The van der Waals surface area contributed by atoms with Crippen LogP contribution in [0.1, 0.15) is 57.5 Å². The van der Waals surface area contributed by atoms with E-state index in [9.17, 15) is 0 Å². The van der Waals surface area contributed by atoms with Crippen LogP contribution < -0.4 is 5.32 Å². The van der Waals surface area contributed by atoms with Crippen molar-refractivity contribution in [2.45, 2.75) is 59.2 Å². The third kappa shape index (κ3) is 3.94. The zero-order chi connectivity index (χ0) is 15.5. The maximum atomic E-state index is 4.30. The zero-order valence-electron chi connectivity index (χ0n) is 13.9. The number of rotatable bonds is 5. The summed E-state index contributed by atoms with van der Waals surface area (Å²) >= 11 is 0. The predicted octanol–water partition coefficient (Wildman–Crippen LogP) is 4.05. The van der Waals surface area contributed by atoms with Crippen LogP contribution in [0.25, 0.3) is 0 Å². The summed E-state index contributed by atoms with van der Waals surface area (Å²) in [6.45, 7) is 12.8. The normalized spacial score (nSPS) is 13.4. The Morgan fingerprint density at radius 1 is 1.14 bits per heavy atom. The quantitative estimate of drug-likeness (QED) is 0.898. The highest BCUT2D eigenvalue weighted by molar-refractivity contribution is 5.29. The molecule has 2 rings (SSSR count). The van der Waals surface area contributed by atoms with Gasteiger partial charge in [-0.1, -0.05) is 45.0 Å². The molecule has 2 aromatic rings. The maximum absolute atomic E-state index is 4.30. The second-order valence-corrected chi connectivity index (χ2v) is 6.61. The van der Waals surface area contributed by atoms with Gasteiger partial charge in [-0.3, -0.25) is 4.68 Å². The van der Waals surface area contributed by atoms with E-state index in [-0.39, 0.29) is 5.41 Å². The van der Waals surface area contributed by atoms with E-state index in [4.69, 9.17) is 0 Å². The second-order valence-electron chi connectivity index (χ2n) is 6.61. The van der Waals surface area contributed by atoms with Crippen molar-refractivity contribution in [1.82, 2.24) is 15.1 Å². The van der Waals surface area contributed by atoms with Crippen LogP contribution in [0.15, 0.2) is 36.5 Å². The van der Waals surface area contributed by atoms with Gasteiger partial charge in [0, 0.05) is 25.3 Å². The average Bonchev–Trinajstić information content (AvgIpc) is 2.91. The SMILES string of the molecule is CCn1nccc1CNC(C)c1ccc(C(C)(C)C)cc1. The Bertz CT molecular complexity index is 561. The topological polar surface area (TPSA) is 29.9 Å². The standard InChI is InChI=1S/C18H27N3/c1-6-21-17(11-12-20-21)13-19-14(2)15-7-9-16(10-8-15)18(3,4)5/h7-12,14,19H,6,13H2,1-5H3. The molecule has 3 nitrogen and oxygen atoms in total. The van der Waals surface area contributed by atoms with Crippen LogP contribution in [0.3, 0.4) is 0 Å². The largest absolute Gasteiger partial charge is 0.305 e. The first kappa shape index (κ1) is 15.8. The Morgan fingerprint density at radius 3 is 2.38 bits per heavy atom. The van der Waals surface area contributed by atoms with Crippen LogP contribution in [-0.4, -0.2) is 9.78 Å². The van der Waals surface area contributed by atoms with Crippen LogP contribution in [0.2, 0.25) is 0 Å². The van der Waals surface area contributed by atoms with Gasteiger partial charge >= 0.3 is 0 Å². The first-order valence-corrected chi connectivity index (χ1v) is 7.76. The Balaban J connectivity index is 1.99. The van der Waals surface area contributed by atoms with Gasteiger partial charge in [0.1, 0.15) is 0 Å². The van der Waals surface area contributed by atoms with Crippen LogP contribution in [0.4, 0.5) is 0 Å². The molecule has 1 aromatic heterocycles. The molecule has 0 radical (unpaired) electrons. The highest BCUT2D eigenvalue weighted by Crippen LogP contribution is 2.24. The summed E-state index contributed by atoms with van der Waals surface area (Å²) in [5, 5.41) is 7.87. The number of benzene rings is 1. The number of aromatic nitrogens is 2. The molecular formula is C18H27N3. The lowest BCUT2D eigenvalue weighted by Crippen LogP contribution is -2.20. The van der Waals surface area contributed by atoms with Gasteiger partial charge in [-0.25, -0.2) is 0 Å². The summed E-state index contributed by atoms with van der Waals surface area (Å²) in [5.74, 6) is 0. The number of hydrogen-bond acceptors (Lipinski definition) is 2. The molecule has 0 saturated carbocycles. The zero-order valence-corrected chi connectivity index (χ0v) is 13.9. The Kier molecular flexibility index (Phi) is 4.84. The number of aryl methyl sites for hydroxylation is 1. The molecule has 0 aliphatic carbocycles. The molecule has 1 aromatic carbocycles. The minimum atomic E-state index is 0.211. The van der Waals surface area contributed by atoms with E-state index >= 15 is 0 Å². The first-order valence-electron chi connectivity index (χ1n) is 7.76. The van der Waals surface area contributed by atoms with Gasteiger partial charge in [0.15, 0.2) is 0 Å². The molecule has 0 bridgehead atoms. The van der Waals surface area contributed by atoms with E-state index in [0.717, 1.165) is 13.1 Å². The Morgan fingerprint density at radius 2 is 1.81 bits per heavy atom. The van der Waals surface area contributed by atoms with Crippen molar-refractivity contribution in [3.63, 3.8) is 0 Å². The van der Waals surface area contributed by atoms with Crippen LogP contribution >= 0.6 is 0 Å². The van der Waals surface area contributed by atoms with Crippen molar-refractivity contribution >= 4 is 0 Å². The van der Waals surface area contributed by atoms with E-state index in [1.165, 1.54) is 16.8 Å². The maximum Gasteiger partial charge on any atom is 0.0522 e. The summed E-state index contributed by atoms with van der Waals surface area (Å²) in [6.07, 6.45) is 1.86. The summed E-state index contributed by atoms with van der Waals surface area (Å²) in [4.78, 5) is 0. The molecule has 3 heteroatoms. The first-order chi connectivity index (χ1) is 9.91. The van der Waals surface area contributed by atoms with Gasteiger partial charge < -0.3 is 5.32 Å². The highest BCUT2D eigenvalue weighted by atomic mass is 15.3. The predicted molar refractivity (Wildman–Crippen MR) is 88.3 cm³/mol. The molecule has 0 amide bonds. The van der Waals surface area contributed by atoms with Gasteiger partial charge in [0.25, 0.3) is 0 Å². The highest BCUT2D eigenvalue weighted by Gasteiger charge is 2.14. The molecule has 1 N–H and O–H groups in total. The lowest BCUT2D eigenvalue weighted by molar-refractivity contribution is 0.530. The fourth-order valence-corrected chi connectivity index (χ4v) is 2.44. The van der Waals surface area contributed by atoms with Gasteiger partial charge in [0.05, 0.1) is 5.69 Å². The fraction of sp³-hybridized carbons (Fsp3) is 0.500. The van der Waals surface area contributed by atoms with E-state index in [1.54, 1.807) is 0 Å². The van der Waals surface area contributed by atoms with Crippen molar-refractivity contribution in [2.24, 2.45) is 0 Å². The molecule has 1 unspecified atom stereocenters. The molecule has 0 aliphatic rings. The Hall–Kier alpha value is -1.61. The number of hydrogen-bond donors (Lipinski definition) is 1. The summed E-state index contributed by atoms with van der Waals surface area (Å²) in [7, 11) is 0. The van der Waals surface area contributed by atoms with E-state index < -0.39 is 0 Å². The van der Waals surface area contributed by atoms with Gasteiger partial charge in [-0.05, 0) is 36.5 Å². The average molecular weight is 285 g/mol. The molecule has 0 fully saturated rings. The number of nitrogens with zero attached hydrogens (tertiary/aromatic N) is 2. The molecule has 1 heterocycles. The van der Waals surface area contributed by atoms with Crippen molar-refractivity contribution in [2.75, 3.05) is 0 Å². The van der Waals surface area contributed by atoms with E-state index in [2.05, 4.69) is 75.4 Å². The summed E-state index contributed by atoms with van der Waals surface area (Å²) < 4.78 is 2.03. The van der Waals surface area contributed by atoms with Gasteiger partial charge in [-0.15, -0.1) is 0 Å². The molecule has 21 heavy (non-hydrogen) atoms. The molecule has 0 spiro atoms. The minimum absolute atomic E-state index is 0.211. The van der Waals surface area contributed by atoms with Crippen molar-refractivity contribution in [3.05, 3.63) is 53.3 Å². The molecule has 0 saturated heterocycles. The van der Waals surface area contributed by atoms with E-state index in [0.29, 0.717) is 6.04 Å². The van der Waals surface area contributed by atoms with Crippen molar-refractivity contribution in [3.8, 4) is 0 Å². The van der Waals surface area contributed by atoms with Gasteiger partial charge in [-0.2, -0.15) is 5.10 Å². The lowest BCUT2D eigenvalue weighted by Gasteiger charge is -2.21. The van der Waals surface area contributed by atoms with Crippen LogP contribution in [0.5, 0.6) is 0 Å². The molecular weight excluding hydrogens is 258 g/mol. The Labute approximate surface area is 128 Å². The van der Waals surface area contributed by atoms with Crippen molar-refractivity contribution in [1.29, 1.82) is 0 Å². The van der Waals surface area contributed by atoms with Crippen molar-refractivity contribution < 1.29 is 0 Å². The molecule has 114 valence electrons. The molecule has 1 atom stereocenters. The van der Waals surface area contributed by atoms with E-state index in [1.807, 2.05) is 10.9 Å². The molecule has 0 aliphatic heterocycles. The monoisotopic (exact) mass is 285 g/mol. The lowest BCUT2D eigenvalue weighted by atomic mass is 9.86. The summed E-state index contributed by atoms with van der Waals surface area (Å²) in [5.41, 5.74) is 4.15. The third-order valence-electron chi connectivity index (χ3n) is 3.97. The second kappa shape index (κ2) is 6.44. The fourth-order valence-electron chi connectivity index (χ4n) is 2.44. The smallest absolute Gasteiger partial charge is 0.0522 e. The number of nitrogens with one attached hydrogen (secondary N) is 1. The summed E-state index contributed by atoms with van der Waals surface area (Å²) in [6, 6.07) is 11.4. The third-order valence-corrected chi connectivity index (χ3v) is 3.97. The van der Waals surface area contributed by atoms with Gasteiger partial charge in [0.2, 0.25) is 0 Å². The van der Waals surface area contributed by atoms with Crippen LogP contribution in [-0.2, 0) is 18.5 Å².